The number of benzene rings is 2. The van der Waals surface area contributed by atoms with E-state index in [-0.39, 0.29) is 11.9 Å². The minimum atomic E-state index is -0.905. The highest BCUT2D eigenvalue weighted by molar-refractivity contribution is 5.91. The number of hydrogen-bond donors (Lipinski definition) is 1. The molecule has 3 rings (SSSR count). The molecule has 6 nitrogen and oxygen atoms in total. The molecule has 0 fully saturated rings. The second-order valence-electron chi connectivity index (χ2n) is 7.18. The average Bonchev–Trinajstić information content (AvgIpc) is 2.77. The lowest BCUT2D eigenvalue weighted by atomic mass is 9.87. The summed E-state index contributed by atoms with van der Waals surface area (Å²) >= 11 is 0. The van der Waals surface area contributed by atoms with Crippen molar-refractivity contribution in [2.45, 2.75) is 38.3 Å². The molecule has 0 unspecified atom stereocenters. The van der Waals surface area contributed by atoms with Gasteiger partial charge in [-0.2, -0.15) is 0 Å². The van der Waals surface area contributed by atoms with Crippen molar-refractivity contribution in [1.29, 1.82) is 0 Å². The first-order valence-corrected chi connectivity index (χ1v) is 9.93. The zero-order valence-electron chi connectivity index (χ0n) is 17.1. The van der Waals surface area contributed by atoms with Crippen LogP contribution in [0.2, 0.25) is 0 Å². The number of carbonyl (C=O) groups is 3. The molecular weight excluding hydrogens is 382 g/mol. The Morgan fingerprint density at radius 3 is 2.57 bits per heavy atom. The summed E-state index contributed by atoms with van der Waals surface area (Å²) in [6.45, 7) is 1.56. The van der Waals surface area contributed by atoms with E-state index in [0.717, 1.165) is 30.4 Å². The van der Waals surface area contributed by atoms with Crippen LogP contribution in [0.25, 0.3) is 6.08 Å². The summed E-state index contributed by atoms with van der Waals surface area (Å²) in [6, 6.07) is 14.6. The molecule has 0 heterocycles. The topological polar surface area (TPSA) is 81.7 Å². The lowest BCUT2D eigenvalue weighted by Gasteiger charge is -2.27. The molecule has 156 valence electrons. The molecule has 2 aromatic rings. The predicted octanol–water partition coefficient (Wildman–Crippen LogP) is 3.61. The molecule has 0 saturated heterocycles. The third kappa shape index (κ3) is 5.35. The van der Waals surface area contributed by atoms with Gasteiger partial charge < -0.3 is 14.8 Å². The largest absolute Gasteiger partial charge is 0.465 e. The maximum Gasteiger partial charge on any atom is 0.337 e. The van der Waals surface area contributed by atoms with Crippen molar-refractivity contribution < 1.29 is 23.9 Å². The van der Waals surface area contributed by atoms with Gasteiger partial charge in [0.1, 0.15) is 0 Å². The highest BCUT2D eigenvalue weighted by Gasteiger charge is 2.24. The van der Waals surface area contributed by atoms with Crippen LogP contribution in [0.15, 0.2) is 54.6 Å². The molecule has 0 saturated carbocycles. The smallest absolute Gasteiger partial charge is 0.337 e. The van der Waals surface area contributed by atoms with Gasteiger partial charge in [-0.3, -0.25) is 4.79 Å². The number of amides is 1. The number of rotatable bonds is 6. The number of nitrogens with one attached hydrogen (secondary N) is 1. The van der Waals surface area contributed by atoms with Crippen LogP contribution >= 0.6 is 0 Å². The maximum absolute atomic E-state index is 12.5. The second-order valence-corrected chi connectivity index (χ2v) is 7.18. The van der Waals surface area contributed by atoms with E-state index in [1.54, 1.807) is 37.3 Å². The van der Waals surface area contributed by atoms with E-state index >= 15 is 0 Å². The fourth-order valence-electron chi connectivity index (χ4n) is 3.47. The maximum atomic E-state index is 12.5. The summed E-state index contributed by atoms with van der Waals surface area (Å²) in [5, 5.41) is 2.99. The summed E-state index contributed by atoms with van der Waals surface area (Å²) in [6.07, 6.45) is 4.80. The number of hydrogen-bond acceptors (Lipinski definition) is 5. The standard InChI is InChI=1S/C24H25NO5/c1-16(23(27)25-21-9-5-7-18-6-3-4-8-20(18)21)30-22(26)15-12-17-10-13-19(14-11-17)24(28)29-2/h3-4,6,8,10-16,21H,5,7,9H2,1-2H3,(H,25,27)/b15-12+/t16-,21+/m0/s1. The molecule has 6 heteroatoms. The normalized spacial score (nSPS) is 16.4. The van der Waals surface area contributed by atoms with E-state index in [1.807, 2.05) is 18.2 Å². The van der Waals surface area contributed by atoms with E-state index in [4.69, 9.17) is 4.74 Å². The van der Waals surface area contributed by atoms with Crippen LogP contribution in [-0.2, 0) is 25.5 Å². The van der Waals surface area contributed by atoms with E-state index in [2.05, 4.69) is 16.1 Å². The van der Waals surface area contributed by atoms with Crippen LogP contribution in [-0.4, -0.2) is 31.1 Å². The van der Waals surface area contributed by atoms with Gasteiger partial charge in [-0.1, -0.05) is 36.4 Å². The Morgan fingerprint density at radius 2 is 1.83 bits per heavy atom. The minimum absolute atomic E-state index is 0.0625. The molecule has 2 aromatic carbocycles. The van der Waals surface area contributed by atoms with Gasteiger partial charge in [0.2, 0.25) is 0 Å². The molecule has 1 aliphatic rings. The summed E-state index contributed by atoms with van der Waals surface area (Å²) < 4.78 is 9.88. The Bertz CT molecular complexity index is 948. The lowest BCUT2D eigenvalue weighted by Crippen LogP contribution is -2.39. The molecule has 0 aliphatic heterocycles. The Balaban J connectivity index is 1.53. The third-order valence-corrected chi connectivity index (χ3v) is 5.09. The first-order chi connectivity index (χ1) is 14.5. The van der Waals surface area contributed by atoms with Gasteiger partial charge in [0.25, 0.3) is 5.91 Å². The number of carbonyl (C=O) groups excluding carboxylic acids is 3. The van der Waals surface area contributed by atoms with Crippen molar-refractivity contribution in [2.75, 3.05) is 7.11 Å². The van der Waals surface area contributed by atoms with Gasteiger partial charge in [-0.05, 0) is 61.1 Å². The molecule has 1 amide bonds. The fourth-order valence-corrected chi connectivity index (χ4v) is 3.47. The molecule has 0 aromatic heterocycles. The average molecular weight is 407 g/mol. The zero-order chi connectivity index (χ0) is 21.5. The quantitative estimate of drug-likeness (QED) is 0.584. The number of aryl methyl sites for hydroxylation is 1. The van der Waals surface area contributed by atoms with E-state index in [9.17, 15) is 14.4 Å². The molecule has 30 heavy (non-hydrogen) atoms. The van der Waals surface area contributed by atoms with Crippen LogP contribution in [0.4, 0.5) is 0 Å². The molecule has 0 radical (unpaired) electrons. The summed E-state index contributed by atoms with van der Waals surface area (Å²) in [5.41, 5.74) is 3.52. The molecule has 1 N–H and O–H groups in total. The van der Waals surface area contributed by atoms with E-state index in [1.165, 1.54) is 18.7 Å². The number of methoxy groups -OCH3 is 1. The molecule has 2 atom stereocenters. The number of fused-ring (bicyclic) bond motifs is 1. The number of ether oxygens (including phenoxy) is 2. The molecule has 0 spiro atoms. The summed E-state index contributed by atoms with van der Waals surface area (Å²) in [4.78, 5) is 36.0. The third-order valence-electron chi connectivity index (χ3n) is 5.09. The van der Waals surface area contributed by atoms with Gasteiger partial charge in [0, 0.05) is 6.08 Å². The van der Waals surface area contributed by atoms with Gasteiger partial charge in [-0.15, -0.1) is 0 Å². The van der Waals surface area contributed by atoms with Crippen molar-refractivity contribution in [3.63, 3.8) is 0 Å². The molecule has 0 bridgehead atoms. The van der Waals surface area contributed by atoms with Gasteiger partial charge >= 0.3 is 11.9 Å². The van der Waals surface area contributed by atoms with Crippen molar-refractivity contribution in [3.05, 3.63) is 76.9 Å². The Labute approximate surface area is 175 Å². The first kappa shape index (κ1) is 21.3. The van der Waals surface area contributed by atoms with Crippen LogP contribution in [0.1, 0.15) is 52.9 Å². The lowest BCUT2D eigenvalue weighted by molar-refractivity contribution is -0.150. The Kier molecular flexibility index (Phi) is 7.01. The second kappa shape index (κ2) is 9.87. The summed E-state index contributed by atoms with van der Waals surface area (Å²) in [7, 11) is 1.32. The highest BCUT2D eigenvalue weighted by Crippen LogP contribution is 2.29. The van der Waals surface area contributed by atoms with Gasteiger partial charge in [0.05, 0.1) is 18.7 Å². The van der Waals surface area contributed by atoms with Crippen molar-refractivity contribution >= 4 is 23.9 Å². The van der Waals surface area contributed by atoms with Crippen molar-refractivity contribution in [1.82, 2.24) is 5.32 Å². The predicted molar refractivity (Wildman–Crippen MR) is 113 cm³/mol. The summed E-state index contributed by atoms with van der Waals surface area (Å²) in [5.74, 6) is -1.36. The fraction of sp³-hybridized carbons (Fsp3) is 0.292. The van der Waals surface area contributed by atoms with Crippen LogP contribution in [0, 0.1) is 0 Å². The number of esters is 2. The van der Waals surface area contributed by atoms with Crippen molar-refractivity contribution in [2.24, 2.45) is 0 Å². The highest BCUT2D eigenvalue weighted by atomic mass is 16.5. The van der Waals surface area contributed by atoms with E-state index < -0.39 is 18.0 Å². The zero-order valence-corrected chi connectivity index (χ0v) is 17.1. The first-order valence-electron chi connectivity index (χ1n) is 9.93. The van der Waals surface area contributed by atoms with Crippen LogP contribution in [0.5, 0.6) is 0 Å². The van der Waals surface area contributed by atoms with Crippen LogP contribution in [0.3, 0.4) is 0 Å². The van der Waals surface area contributed by atoms with Crippen LogP contribution < -0.4 is 5.32 Å². The minimum Gasteiger partial charge on any atom is -0.465 e. The van der Waals surface area contributed by atoms with Gasteiger partial charge in [0.15, 0.2) is 6.10 Å². The molecule has 1 aliphatic carbocycles. The Morgan fingerprint density at radius 1 is 1.10 bits per heavy atom. The Hall–Kier alpha value is -3.41. The monoisotopic (exact) mass is 407 g/mol. The molecular formula is C24H25NO5. The van der Waals surface area contributed by atoms with Gasteiger partial charge in [-0.25, -0.2) is 9.59 Å². The van der Waals surface area contributed by atoms with E-state index in [0.29, 0.717) is 5.56 Å². The van der Waals surface area contributed by atoms with Crippen molar-refractivity contribution in [3.8, 4) is 0 Å². The SMILES string of the molecule is COC(=O)c1ccc(/C=C/C(=O)O[C@@H](C)C(=O)N[C@@H]2CCCc3ccccc32)cc1.